The van der Waals surface area contributed by atoms with Gasteiger partial charge >= 0.3 is 6.18 Å². The van der Waals surface area contributed by atoms with Crippen LogP contribution in [-0.2, 0) is 11.0 Å². The van der Waals surface area contributed by atoms with Gasteiger partial charge in [-0.3, -0.25) is 4.79 Å². The lowest BCUT2D eigenvalue weighted by Gasteiger charge is -2.31. The zero-order valence-corrected chi connectivity index (χ0v) is 12.8. The fourth-order valence-corrected chi connectivity index (χ4v) is 2.82. The van der Waals surface area contributed by atoms with Gasteiger partial charge in [0, 0.05) is 26.1 Å². The van der Waals surface area contributed by atoms with Crippen molar-refractivity contribution in [3.63, 3.8) is 0 Å². The van der Waals surface area contributed by atoms with Gasteiger partial charge in [-0.05, 0) is 37.4 Å². The molecule has 1 atom stereocenters. The van der Waals surface area contributed by atoms with E-state index in [0.717, 1.165) is 32.0 Å². The Labute approximate surface area is 133 Å². The van der Waals surface area contributed by atoms with Crippen LogP contribution in [0.2, 0.25) is 0 Å². The molecule has 2 rings (SSSR count). The van der Waals surface area contributed by atoms with E-state index >= 15 is 0 Å². The van der Waals surface area contributed by atoms with Crippen molar-refractivity contribution in [2.45, 2.75) is 25.4 Å². The number of rotatable bonds is 5. The number of benzene rings is 1. The Morgan fingerprint density at radius 2 is 2.09 bits per heavy atom. The maximum absolute atomic E-state index is 12.9. The number of nitrogens with zero attached hydrogens (tertiary/aromatic N) is 1. The molecular weight excluding hydrogens is 309 g/mol. The lowest BCUT2D eigenvalue weighted by molar-refractivity contribution is -0.137. The number of aliphatic hydroxyl groups excluding tert-OH is 1. The van der Waals surface area contributed by atoms with E-state index in [1.807, 2.05) is 0 Å². The van der Waals surface area contributed by atoms with Crippen LogP contribution >= 0.6 is 0 Å². The number of amides is 1. The number of hydrogen-bond donors (Lipinski definition) is 2. The molecule has 0 aliphatic carbocycles. The number of halogens is 3. The van der Waals surface area contributed by atoms with Crippen LogP contribution in [0.5, 0.6) is 0 Å². The molecule has 0 spiro atoms. The first-order chi connectivity index (χ1) is 10.9. The van der Waals surface area contributed by atoms with Gasteiger partial charge in [0.15, 0.2) is 0 Å². The number of para-hydroxylation sites is 1. The number of nitrogens with one attached hydrogen (secondary N) is 1. The molecule has 0 radical (unpaired) electrons. The van der Waals surface area contributed by atoms with E-state index in [1.54, 1.807) is 0 Å². The second kappa shape index (κ2) is 7.79. The second-order valence-corrected chi connectivity index (χ2v) is 5.83. The Balaban J connectivity index is 1.88. The SMILES string of the molecule is O=C(CCN1CCCC(CO)C1)Nc1ccccc1C(F)(F)F. The monoisotopic (exact) mass is 330 g/mol. The minimum atomic E-state index is -4.49. The molecule has 2 N–H and O–H groups in total. The summed E-state index contributed by atoms with van der Waals surface area (Å²) in [6.07, 6.45) is -2.43. The summed E-state index contributed by atoms with van der Waals surface area (Å²) in [6.45, 7) is 2.18. The molecule has 1 heterocycles. The van der Waals surface area contributed by atoms with Gasteiger partial charge in [0.2, 0.25) is 5.91 Å². The van der Waals surface area contributed by atoms with Gasteiger partial charge in [0.05, 0.1) is 11.3 Å². The van der Waals surface area contributed by atoms with Gasteiger partial charge in [0.25, 0.3) is 0 Å². The van der Waals surface area contributed by atoms with E-state index in [9.17, 15) is 23.1 Å². The van der Waals surface area contributed by atoms with Crippen molar-refractivity contribution >= 4 is 11.6 Å². The second-order valence-electron chi connectivity index (χ2n) is 5.83. The fourth-order valence-electron chi connectivity index (χ4n) is 2.82. The number of aliphatic hydroxyl groups is 1. The zero-order valence-electron chi connectivity index (χ0n) is 12.8. The molecule has 7 heteroatoms. The summed E-state index contributed by atoms with van der Waals surface area (Å²) in [5, 5.41) is 11.5. The highest BCUT2D eigenvalue weighted by molar-refractivity contribution is 5.91. The van der Waals surface area contributed by atoms with E-state index < -0.39 is 17.6 Å². The maximum Gasteiger partial charge on any atom is 0.418 e. The molecule has 1 fully saturated rings. The molecular formula is C16H21F3N2O2. The summed E-state index contributed by atoms with van der Waals surface area (Å²) in [4.78, 5) is 14.0. The molecule has 1 saturated heterocycles. The van der Waals surface area contributed by atoms with Crippen LogP contribution in [0.15, 0.2) is 24.3 Å². The highest BCUT2D eigenvalue weighted by Crippen LogP contribution is 2.34. The predicted molar refractivity (Wildman–Crippen MR) is 80.9 cm³/mol. The standard InChI is InChI=1S/C16H21F3N2O2/c17-16(18,19)13-5-1-2-6-14(13)20-15(23)7-9-21-8-3-4-12(10-21)11-22/h1-2,5-6,12,22H,3-4,7-11H2,(H,20,23). The van der Waals surface area contributed by atoms with Crippen molar-refractivity contribution in [2.75, 3.05) is 31.6 Å². The van der Waals surface area contributed by atoms with Gasteiger partial charge in [-0.1, -0.05) is 12.1 Å². The van der Waals surface area contributed by atoms with E-state index in [2.05, 4.69) is 10.2 Å². The first-order valence-electron chi connectivity index (χ1n) is 7.69. The normalized spacial score (nSPS) is 19.6. The van der Waals surface area contributed by atoms with Crippen molar-refractivity contribution in [2.24, 2.45) is 5.92 Å². The van der Waals surface area contributed by atoms with Crippen LogP contribution in [0.1, 0.15) is 24.8 Å². The molecule has 4 nitrogen and oxygen atoms in total. The molecule has 1 unspecified atom stereocenters. The summed E-state index contributed by atoms with van der Waals surface area (Å²) >= 11 is 0. The molecule has 1 aromatic rings. The summed E-state index contributed by atoms with van der Waals surface area (Å²) in [7, 11) is 0. The third kappa shape index (κ3) is 5.21. The smallest absolute Gasteiger partial charge is 0.396 e. The molecule has 0 bridgehead atoms. The zero-order chi connectivity index (χ0) is 16.9. The lowest BCUT2D eigenvalue weighted by Crippen LogP contribution is -2.38. The number of hydrogen-bond acceptors (Lipinski definition) is 3. The molecule has 1 aromatic carbocycles. The van der Waals surface area contributed by atoms with Crippen LogP contribution in [0, 0.1) is 5.92 Å². The van der Waals surface area contributed by atoms with Crippen molar-refractivity contribution in [1.29, 1.82) is 0 Å². The Morgan fingerprint density at radius 3 is 2.78 bits per heavy atom. The lowest BCUT2D eigenvalue weighted by atomic mass is 9.99. The number of likely N-dealkylation sites (tertiary alicyclic amines) is 1. The Bertz CT molecular complexity index is 534. The average Bonchev–Trinajstić information content (AvgIpc) is 2.52. The molecule has 128 valence electrons. The van der Waals surface area contributed by atoms with Crippen LogP contribution in [-0.4, -0.2) is 42.2 Å². The number of anilines is 1. The maximum atomic E-state index is 12.9. The van der Waals surface area contributed by atoms with Crippen LogP contribution in [0.3, 0.4) is 0 Å². The molecule has 1 aliphatic rings. The highest BCUT2D eigenvalue weighted by Gasteiger charge is 2.33. The van der Waals surface area contributed by atoms with Crippen molar-refractivity contribution in [1.82, 2.24) is 4.90 Å². The Kier molecular flexibility index (Phi) is 6.01. The van der Waals surface area contributed by atoms with Gasteiger partial charge in [-0.2, -0.15) is 13.2 Å². The summed E-state index contributed by atoms with van der Waals surface area (Å²) in [5.74, 6) is -0.217. The Hall–Kier alpha value is -1.60. The molecule has 1 amide bonds. The van der Waals surface area contributed by atoms with Gasteiger partial charge < -0.3 is 15.3 Å². The Morgan fingerprint density at radius 1 is 1.35 bits per heavy atom. The summed E-state index contributed by atoms with van der Waals surface area (Å²) in [5.41, 5.74) is -1.05. The van der Waals surface area contributed by atoms with Crippen molar-refractivity contribution < 1.29 is 23.1 Å². The van der Waals surface area contributed by atoms with Gasteiger partial charge in [0.1, 0.15) is 0 Å². The largest absolute Gasteiger partial charge is 0.418 e. The van der Waals surface area contributed by atoms with E-state index in [-0.39, 0.29) is 24.6 Å². The van der Waals surface area contributed by atoms with Gasteiger partial charge in [-0.15, -0.1) is 0 Å². The van der Waals surface area contributed by atoms with Crippen molar-refractivity contribution in [3.8, 4) is 0 Å². The van der Waals surface area contributed by atoms with Crippen LogP contribution < -0.4 is 5.32 Å². The topological polar surface area (TPSA) is 52.6 Å². The van der Waals surface area contributed by atoms with E-state index in [4.69, 9.17) is 0 Å². The first kappa shape index (κ1) is 17.7. The average molecular weight is 330 g/mol. The third-order valence-electron chi connectivity index (χ3n) is 4.02. The molecule has 0 aromatic heterocycles. The predicted octanol–water partition coefficient (Wildman–Crippen LogP) is 2.74. The molecule has 1 aliphatic heterocycles. The number of alkyl halides is 3. The van der Waals surface area contributed by atoms with Crippen LogP contribution in [0.4, 0.5) is 18.9 Å². The van der Waals surface area contributed by atoms with E-state index in [1.165, 1.54) is 18.2 Å². The quantitative estimate of drug-likeness (QED) is 0.873. The fraction of sp³-hybridized carbons (Fsp3) is 0.562. The number of carbonyl (C=O) groups excluding carboxylic acids is 1. The first-order valence-corrected chi connectivity index (χ1v) is 7.69. The summed E-state index contributed by atoms with van der Waals surface area (Å²) < 4.78 is 38.6. The minimum Gasteiger partial charge on any atom is -0.396 e. The van der Waals surface area contributed by atoms with Crippen molar-refractivity contribution in [3.05, 3.63) is 29.8 Å². The third-order valence-corrected chi connectivity index (χ3v) is 4.02. The van der Waals surface area contributed by atoms with E-state index in [0.29, 0.717) is 6.54 Å². The summed E-state index contributed by atoms with van der Waals surface area (Å²) in [6, 6.07) is 4.96. The number of piperidine rings is 1. The molecule has 23 heavy (non-hydrogen) atoms. The van der Waals surface area contributed by atoms with Gasteiger partial charge in [-0.25, -0.2) is 0 Å². The highest BCUT2D eigenvalue weighted by atomic mass is 19.4. The molecule has 0 saturated carbocycles. The minimum absolute atomic E-state index is 0.127. The number of carbonyl (C=O) groups is 1. The van der Waals surface area contributed by atoms with Crippen LogP contribution in [0.25, 0.3) is 0 Å².